The molecule has 0 bridgehead atoms. The molecule has 1 aliphatic heterocycles. The van der Waals surface area contributed by atoms with Gasteiger partial charge in [-0.3, -0.25) is 0 Å². The molecule has 132 valence electrons. The van der Waals surface area contributed by atoms with E-state index < -0.39 is 0 Å². The number of nitrogens with zero attached hydrogens (tertiary/aromatic N) is 1. The molecule has 0 aliphatic carbocycles. The summed E-state index contributed by atoms with van der Waals surface area (Å²) in [7, 11) is 0. The first-order valence-corrected chi connectivity index (χ1v) is 9.61. The molecule has 1 rings (SSSR count). The third-order valence-electron chi connectivity index (χ3n) is 4.83. The minimum atomic E-state index is -0.0502. The van der Waals surface area contributed by atoms with Gasteiger partial charge in [-0.25, -0.2) is 0 Å². The summed E-state index contributed by atoms with van der Waals surface area (Å²) < 4.78 is 0. The highest BCUT2D eigenvalue weighted by Crippen LogP contribution is 2.14. The van der Waals surface area contributed by atoms with Gasteiger partial charge >= 0.3 is 0 Å². The zero-order chi connectivity index (χ0) is 16.4. The van der Waals surface area contributed by atoms with E-state index in [-0.39, 0.29) is 6.10 Å². The Morgan fingerprint density at radius 2 is 1.50 bits per heavy atom. The molecule has 1 saturated heterocycles. The first kappa shape index (κ1) is 19.9. The molecule has 22 heavy (non-hydrogen) atoms. The lowest BCUT2D eigenvalue weighted by Gasteiger charge is -2.29. The average molecular weight is 313 g/mol. The minimum absolute atomic E-state index is 0.0502. The van der Waals surface area contributed by atoms with Crippen LogP contribution in [0, 0.1) is 11.8 Å². The lowest BCUT2D eigenvalue weighted by Crippen LogP contribution is -2.38. The fourth-order valence-electron chi connectivity index (χ4n) is 3.17. The Kier molecular flexibility index (Phi) is 10.3. The fraction of sp³-hybridized carbons (Fsp3) is 1.00. The molecule has 0 aromatic carbocycles. The van der Waals surface area contributed by atoms with Crippen LogP contribution in [0.15, 0.2) is 0 Å². The number of piperidine rings is 1. The van der Waals surface area contributed by atoms with Gasteiger partial charge in [0.25, 0.3) is 0 Å². The summed E-state index contributed by atoms with van der Waals surface area (Å²) in [4.78, 5) is 2.51. The van der Waals surface area contributed by atoms with Crippen molar-refractivity contribution in [3.05, 3.63) is 0 Å². The monoisotopic (exact) mass is 312 g/mol. The summed E-state index contributed by atoms with van der Waals surface area (Å²) in [6, 6.07) is 0.702. The highest BCUT2D eigenvalue weighted by atomic mass is 16.3. The summed E-state index contributed by atoms with van der Waals surface area (Å²) >= 11 is 0. The van der Waals surface area contributed by atoms with E-state index in [0.29, 0.717) is 6.04 Å². The van der Waals surface area contributed by atoms with Crippen LogP contribution in [0.5, 0.6) is 0 Å². The van der Waals surface area contributed by atoms with Crippen LogP contribution in [-0.4, -0.2) is 48.3 Å². The number of hydrogen-bond acceptors (Lipinski definition) is 3. The number of rotatable bonds is 11. The van der Waals surface area contributed by atoms with E-state index in [0.717, 1.165) is 44.3 Å². The van der Waals surface area contributed by atoms with Gasteiger partial charge in [0, 0.05) is 19.1 Å². The van der Waals surface area contributed by atoms with Gasteiger partial charge in [-0.05, 0) is 69.9 Å². The predicted molar refractivity (Wildman–Crippen MR) is 96.2 cm³/mol. The van der Waals surface area contributed by atoms with E-state index >= 15 is 0 Å². The van der Waals surface area contributed by atoms with E-state index in [2.05, 4.69) is 37.9 Å². The van der Waals surface area contributed by atoms with Gasteiger partial charge in [0.2, 0.25) is 0 Å². The number of aliphatic hydroxyl groups excluding tert-OH is 1. The van der Waals surface area contributed by atoms with E-state index in [1.165, 1.54) is 38.6 Å². The number of nitrogens with one attached hydrogen (secondary N) is 1. The van der Waals surface area contributed by atoms with Crippen molar-refractivity contribution in [3.63, 3.8) is 0 Å². The second-order valence-corrected chi connectivity index (χ2v) is 8.02. The third-order valence-corrected chi connectivity index (χ3v) is 4.83. The van der Waals surface area contributed by atoms with Crippen molar-refractivity contribution < 1.29 is 5.11 Å². The average Bonchev–Trinajstić information content (AvgIpc) is 2.47. The molecule has 3 heteroatoms. The minimum Gasteiger partial charge on any atom is -0.393 e. The largest absolute Gasteiger partial charge is 0.393 e. The first-order chi connectivity index (χ1) is 10.5. The molecule has 2 N–H and O–H groups in total. The molecule has 1 aliphatic rings. The number of aliphatic hydroxyl groups is 1. The van der Waals surface area contributed by atoms with Gasteiger partial charge in [-0.1, -0.05) is 27.7 Å². The normalized spacial score (nSPS) is 18.0. The van der Waals surface area contributed by atoms with Crippen molar-refractivity contribution in [2.75, 3.05) is 26.2 Å². The summed E-state index contributed by atoms with van der Waals surface area (Å²) in [6.07, 6.45) is 8.40. The van der Waals surface area contributed by atoms with Crippen molar-refractivity contribution in [1.82, 2.24) is 10.2 Å². The Morgan fingerprint density at radius 1 is 0.955 bits per heavy atom. The molecule has 1 fully saturated rings. The molecule has 0 amide bonds. The summed E-state index contributed by atoms with van der Waals surface area (Å²) in [6.45, 7) is 13.8. The zero-order valence-electron chi connectivity index (χ0n) is 15.5. The summed E-state index contributed by atoms with van der Waals surface area (Å²) in [5.41, 5.74) is 0. The van der Waals surface area contributed by atoms with Crippen LogP contribution >= 0.6 is 0 Å². The molecule has 0 radical (unpaired) electrons. The Balaban J connectivity index is 2.15. The van der Waals surface area contributed by atoms with Crippen molar-refractivity contribution >= 4 is 0 Å². The van der Waals surface area contributed by atoms with Crippen LogP contribution in [0.1, 0.15) is 72.6 Å². The Morgan fingerprint density at radius 3 is 2.00 bits per heavy atom. The van der Waals surface area contributed by atoms with Crippen molar-refractivity contribution in [2.24, 2.45) is 11.8 Å². The quantitative estimate of drug-likeness (QED) is 0.572. The first-order valence-electron chi connectivity index (χ1n) is 9.61. The van der Waals surface area contributed by atoms with E-state index in [1.54, 1.807) is 0 Å². The maximum absolute atomic E-state index is 9.54. The highest BCUT2D eigenvalue weighted by Gasteiger charge is 2.16. The van der Waals surface area contributed by atoms with Gasteiger partial charge in [0.05, 0.1) is 6.10 Å². The lowest BCUT2D eigenvalue weighted by molar-refractivity contribution is 0.0820. The molecule has 0 atom stereocenters. The van der Waals surface area contributed by atoms with Crippen LogP contribution in [-0.2, 0) is 0 Å². The molecule has 3 nitrogen and oxygen atoms in total. The van der Waals surface area contributed by atoms with Crippen molar-refractivity contribution in [1.29, 1.82) is 0 Å². The molecular formula is C19H40N2O. The molecule has 0 saturated carbocycles. The SMILES string of the molecule is CC(C)CCC(CCC(C)C)NCCCN1CCC(O)CC1. The summed E-state index contributed by atoms with van der Waals surface area (Å²) in [5.74, 6) is 1.62. The standard InChI is InChI=1S/C19H40N2O/c1-16(2)6-8-18(9-7-17(3)4)20-12-5-13-21-14-10-19(22)11-15-21/h16-20,22H,5-15H2,1-4H3. The number of hydrogen-bond donors (Lipinski definition) is 2. The molecule has 0 spiro atoms. The van der Waals surface area contributed by atoms with Gasteiger partial charge in [0.1, 0.15) is 0 Å². The number of likely N-dealkylation sites (tertiary alicyclic amines) is 1. The highest BCUT2D eigenvalue weighted by molar-refractivity contribution is 4.73. The second kappa shape index (κ2) is 11.4. The van der Waals surface area contributed by atoms with Crippen LogP contribution in [0.2, 0.25) is 0 Å². The molecule has 0 aromatic rings. The smallest absolute Gasteiger partial charge is 0.0564 e. The van der Waals surface area contributed by atoms with Crippen molar-refractivity contribution in [2.45, 2.75) is 84.8 Å². The third kappa shape index (κ3) is 9.81. The fourth-order valence-corrected chi connectivity index (χ4v) is 3.17. The maximum Gasteiger partial charge on any atom is 0.0564 e. The van der Waals surface area contributed by atoms with E-state index in [4.69, 9.17) is 0 Å². The van der Waals surface area contributed by atoms with Crippen LogP contribution in [0.3, 0.4) is 0 Å². The van der Waals surface area contributed by atoms with Gasteiger partial charge in [0.15, 0.2) is 0 Å². The molecule has 1 heterocycles. The maximum atomic E-state index is 9.54. The second-order valence-electron chi connectivity index (χ2n) is 8.02. The zero-order valence-corrected chi connectivity index (χ0v) is 15.5. The Labute approximate surface area is 138 Å². The van der Waals surface area contributed by atoms with E-state index in [1.807, 2.05) is 0 Å². The van der Waals surface area contributed by atoms with Gasteiger partial charge in [-0.15, -0.1) is 0 Å². The topological polar surface area (TPSA) is 35.5 Å². The Hall–Kier alpha value is -0.120. The lowest BCUT2D eigenvalue weighted by atomic mass is 9.97. The van der Waals surface area contributed by atoms with E-state index in [9.17, 15) is 5.11 Å². The van der Waals surface area contributed by atoms with Crippen LogP contribution < -0.4 is 5.32 Å². The molecule has 0 aromatic heterocycles. The van der Waals surface area contributed by atoms with Crippen LogP contribution in [0.25, 0.3) is 0 Å². The molecular weight excluding hydrogens is 272 g/mol. The molecule has 0 unspecified atom stereocenters. The summed E-state index contributed by atoms with van der Waals surface area (Å²) in [5, 5.41) is 13.3. The van der Waals surface area contributed by atoms with Crippen molar-refractivity contribution in [3.8, 4) is 0 Å². The van der Waals surface area contributed by atoms with Gasteiger partial charge in [-0.2, -0.15) is 0 Å². The van der Waals surface area contributed by atoms with Gasteiger partial charge < -0.3 is 15.3 Å². The Bertz CT molecular complexity index is 248. The predicted octanol–water partition coefficient (Wildman–Crippen LogP) is 3.66. The van der Waals surface area contributed by atoms with Crippen LogP contribution in [0.4, 0.5) is 0 Å².